The molecule has 0 saturated heterocycles. The van der Waals surface area contributed by atoms with Crippen LogP contribution < -0.4 is 4.74 Å². The van der Waals surface area contributed by atoms with Gasteiger partial charge >= 0.3 is 0 Å². The van der Waals surface area contributed by atoms with Gasteiger partial charge in [-0.1, -0.05) is 0 Å². The highest BCUT2D eigenvalue weighted by molar-refractivity contribution is 7.98. The summed E-state index contributed by atoms with van der Waals surface area (Å²) in [6.07, 6.45) is 8.83. The number of aromatic nitrogens is 2. The van der Waals surface area contributed by atoms with Gasteiger partial charge in [0.2, 0.25) is 0 Å². The Morgan fingerprint density at radius 3 is 2.85 bits per heavy atom. The summed E-state index contributed by atoms with van der Waals surface area (Å²) >= 11 is 1.59. The Morgan fingerprint density at radius 2 is 2.25 bits per heavy atom. The Hall–Kier alpha value is -2.01. The first-order valence-corrected chi connectivity index (χ1v) is 7.29. The molecule has 1 aromatic heterocycles. The second-order valence-corrected chi connectivity index (χ2v) is 5.06. The van der Waals surface area contributed by atoms with E-state index in [4.69, 9.17) is 4.74 Å². The van der Waals surface area contributed by atoms with Crippen molar-refractivity contribution in [3.8, 4) is 5.75 Å². The maximum Gasteiger partial charge on any atom is 0.185 e. The first-order valence-electron chi connectivity index (χ1n) is 6.07. The van der Waals surface area contributed by atoms with Crippen LogP contribution in [-0.2, 0) is 7.05 Å². The molecule has 0 spiro atoms. The molecule has 0 N–H and O–H groups in total. The number of hydrogen-bond donors (Lipinski definition) is 0. The third kappa shape index (κ3) is 3.30. The van der Waals surface area contributed by atoms with Gasteiger partial charge in [0.1, 0.15) is 5.75 Å². The monoisotopic (exact) mass is 288 g/mol. The number of nitrogens with zero attached hydrogens (tertiary/aromatic N) is 2. The zero-order valence-corrected chi connectivity index (χ0v) is 12.5. The van der Waals surface area contributed by atoms with E-state index in [0.717, 1.165) is 16.2 Å². The highest BCUT2D eigenvalue weighted by Gasteiger charge is 2.07. The molecule has 0 bridgehead atoms. The third-order valence-corrected chi connectivity index (χ3v) is 3.60. The smallest absolute Gasteiger partial charge is 0.185 e. The number of thioether (sulfide) groups is 1. The Kier molecular flexibility index (Phi) is 4.63. The zero-order valence-electron chi connectivity index (χ0n) is 11.7. The molecule has 2 rings (SSSR count). The van der Waals surface area contributed by atoms with E-state index < -0.39 is 0 Å². The molecule has 0 radical (unpaired) electrons. The molecule has 2 aromatic rings. The molecular weight excluding hydrogens is 272 g/mol. The summed E-state index contributed by atoms with van der Waals surface area (Å²) in [5, 5.41) is 4.05. The fourth-order valence-corrected chi connectivity index (χ4v) is 2.33. The maximum atomic E-state index is 12.1. The van der Waals surface area contributed by atoms with Crippen molar-refractivity contribution < 1.29 is 9.53 Å². The number of carbonyl (C=O) groups is 1. The first-order chi connectivity index (χ1) is 9.63. The van der Waals surface area contributed by atoms with E-state index in [2.05, 4.69) is 5.10 Å². The average Bonchev–Trinajstić information content (AvgIpc) is 2.89. The molecule has 0 aliphatic rings. The van der Waals surface area contributed by atoms with Crippen molar-refractivity contribution in [1.29, 1.82) is 0 Å². The van der Waals surface area contributed by atoms with Crippen LogP contribution in [0.3, 0.4) is 0 Å². The van der Waals surface area contributed by atoms with Crippen LogP contribution in [0, 0.1) is 0 Å². The van der Waals surface area contributed by atoms with E-state index in [9.17, 15) is 4.79 Å². The Labute approximate surface area is 122 Å². The van der Waals surface area contributed by atoms with Crippen molar-refractivity contribution in [3.63, 3.8) is 0 Å². The SMILES string of the molecule is COc1cc(C(=O)/C=C/c2cnn(C)c2)ccc1SC. The lowest BCUT2D eigenvalue weighted by Crippen LogP contribution is -1.96. The minimum Gasteiger partial charge on any atom is -0.496 e. The number of rotatable bonds is 5. The van der Waals surface area contributed by atoms with Crippen LogP contribution in [0.25, 0.3) is 6.08 Å². The molecule has 0 unspecified atom stereocenters. The standard InChI is InChI=1S/C15H16N2O2S/c1-17-10-11(9-16-17)4-6-13(18)12-5-7-15(20-3)14(8-12)19-2/h4-10H,1-3H3/b6-4+. The number of aryl methyl sites for hydroxylation is 1. The number of benzene rings is 1. The molecule has 104 valence electrons. The summed E-state index contributed by atoms with van der Waals surface area (Å²) in [4.78, 5) is 13.1. The van der Waals surface area contributed by atoms with E-state index in [1.807, 2.05) is 31.6 Å². The minimum absolute atomic E-state index is 0.0557. The lowest BCUT2D eigenvalue weighted by molar-refractivity contribution is 0.104. The van der Waals surface area contributed by atoms with Gasteiger partial charge in [0.25, 0.3) is 0 Å². The van der Waals surface area contributed by atoms with Gasteiger partial charge in [-0.2, -0.15) is 5.10 Å². The second-order valence-electron chi connectivity index (χ2n) is 4.21. The van der Waals surface area contributed by atoms with Gasteiger partial charge < -0.3 is 4.74 Å². The number of methoxy groups -OCH3 is 1. The molecule has 4 nitrogen and oxygen atoms in total. The minimum atomic E-state index is -0.0557. The van der Waals surface area contributed by atoms with Crippen LogP contribution >= 0.6 is 11.8 Å². The van der Waals surface area contributed by atoms with Crippen LogP contribution in [0.4, 0.5) is 0 Å². The fourth-order valence-electron chi connectivity index (χ4n) is 1.78. The predicted molar refractivity (Wildman–Crippen MR) is 81.3 cm³/mol. The Bertz CT molecular complexity index is 647. The predicted octanol–water partition coefficient (Wildman–Crippen LogP) is 3.05. The van der Waals surface area contributed by atoms with Gasteiger partial charge in [0.05, 0.1) is 13.3 Å². The van der Waals surface area contributed by atoms with E-state index in [-0.39, 0.29) is 5.78 Å². The molecule has 0 aliphatic heterocycles. The number of hydrogen-bond acceptors (Lipinski definition) is 4. The molecule has 1 heterocycles. The number of ether oxygens (including phenoxy) is 1. The van der Waals surface area contributed by atoms with Gasteiger partial charge in [-0.05, 0) is 36.6 Å². The second kappa shape index (κ2) is 6.43. The van der Waals surface area contributed by atoms with Gasteiger partial charge in [-0.15, -0.1) is 11.8 Å². The van der Waals surface area contributed by atoms with Gasteiger partial charge in [-0.25, -0.2) is 0 Å². The first kappa shape index (κ1) is 14.4. The highest BCUT2D eigenvalue weighted by atomic mass is 32.2. The lowest BCUT2D eigenvalue weighted by Gasteiger charge is -2.07. The molecular formula is C15H16N2O2S. The summed E-state index contributed by atoms with van der Waals surface area (Å²) in [5.41, 5.74) is 1.51. The number of allylic oxidation sites excluding steroid dienone is 1. The molecule has 0 amide bonds. The number of carbonyl (C=O) groups excluding carboxylic acids is 1. The number of ketones is 1. The van der Waals surface area contributed by atoms with Crippen LogP contribution in [0.15, 0.2) is 41.6 Å². The molecule has 20 heavy (non-hydrogen) atoms. The van der Waals surface area contributed by atoms with Gasteiger partial charge in [-0.3, -0.25) is 9.48 Å². The summed E-state index contributed by atoms with van der Waals surface area (Å²) < 4.78 is 6.98. The van der Waals surface area contributed by atoms with Crippen molar-refractivity contribution >= 4 is 23.6 Å². The van der Waals surface area contributed by atoms with Crippen molar-refractivity contribution in [2.45, 2.75) is 4.90 Å². The molecule has 0 fully saturated rings. The zero-order chi connectivity index (χ0) is 14.5. The van der Waals surface area contributed by atoms with Gasteiger partial charge in [0, 0.05) is 29.3 Å². The van der Waals surface area contributed by atoms with Crippen molar-refractivity contribution in [2.24, 2.45) is 7.05 Å². The summed E-state index contributed by atoms with van der Waals surface area (Å²) in [5.74, 6) is 0.665. The third-order valence-electron chi connectivity index (χ3n) is 2.82. The summed E-state index contributed by atoms with van der Waals surface area (Å²) in [6, 6.07) is 5.47. The van der Waals surface area contributed by atoms with Gasteiger partial charge in [0.15, 0.2) is 5.78 Å². The molecule has 0 saturated carbocycles. The van der Waals surface area contributed by atoms with Crippen molar-refractivity contribution in [1.82, 2.24) is 9.78 Å². The van der Waals surface area contributed by atoms with Crippen LogP contribution in [0.5, 0.6) is 5.75 Å². The van der Waals surface area contributed by atoms with Crippen molar-refractivity contribution in [3.05, 3.63) is 47.8 Å². The summed E-state index contributed by atoms with van der Waals surface area (Å²) in [7, 11) is 3.44. The van der Waals surface area contributed by atoms with Crippen molar-refractivity contribution in [2.75, 3.05) is 13.4 Å². The molecule has 5 heteroatoms. The quantitative estimate of drug-likeness (QED) is 0.482. The maximum absolute atomic E-state index is 12.1. The highest BCUT2D eigenvalue weighted by Crippen LogP contribution is 2.28. The molecule has 0 atom stereocenters. The summed E-state index contributed by atoms with van der Waals surface area (Å²) in [6.45, 7) is 0. The van der Waals surface area contributed by atoms with Crippen LogP contribution in [0.1, 0.15) is 15.9 Å². The molecule has 1 aromatic carbocycles. The molecule has 0 aliphatic carbocycles. The van der Waals surface area contributed by atoms with E-state index in [1.54, 1.807) is 48.0 Å². The largest absolute Gasteiger partial charge is 0.496 e. The van der Waals surface area contributed by atoms with E-state index in [0.29, 0.717) is 5.56 Å². The Morgan fingerprint density at radius 1 is 1.45 bits per heavy atom. The lowest BCUT2D eigenvalue weighted by atomic mass is 10.1. The average molecular weight is 288 g/mol. The van der Waals surface area contributed by atoms with E-state index in [1.165, 1.54) is 0 Å². The normalized spacial score (nSPS) is 10.9. The fraction of sp³-hybridized carbons (Fsp3) is 0.200. The van der Waals surface area contributed by atoms with E-state index >= 15 is 0 Å². The van der Waals surface area contributed by atoms with Crippen LogP contribution in [-0.4, -0.2) is 28.9 Å². The Balaban J connectivity index is 2.19. The topological polar surface area (TPSA) is 44.1 Å². The van der Waals surface area contributed by atoms with Crippen LogP contribution in [0.2, 0.25) is 0 Å².